The van der Waals surface area contributed by atoms with Crippen molar-refractivity contribution in [1.29, 1.82) is 0 Å². The van der Waals surface area contributed by atoms with Gasteiger partial charge in [-0.2, -0.15) is 0 Å². The summed E-state index contributed by atoms with van der Waals surface area (Å²) in [5.41, 5.74) is 1.38. The molecule has 0 aromatic heterocycles. The molecule has 1 saturated carbocycles. The molecule has 0 bridgehead atoms. The van der Waals surface area contributed by atoms with Gasteiger partial charge in [0.1, 0.15) is 13.2 Å². The van der Waals surface area contributed by atoms with Crippen molar-refractivity contribution in [3.63, 3.8) is 0 Å². The number of nitrogens with zero attached hydrogens (tertiary/aromatic N) is 2. The Labute approximate surface area is 197 Å². The first-order valence-electron chi connectivity index (χ1n) is 11.2. The number of alkyl halides is 1. The topological polar surface area (TPSA) is 76.2 Å². The molecule has 5 rings (SSSR count). The van der Waals surface area contributed by atoms with Crippen LogP contribution in [0.25, 0.3) is 0 Å². The largest absolute Gasteiger partial charge is 0.486 e. The van der Waals surface area contributed by atoms with Gasteiger partial charge in [0, 0.05) is 17.5 Å². The minimum absolute atomic E-state index is 0.0993. The molecule has 33 heavy (non-hydrogen) atoms. The van der Waals surface area contributed by atoms with Gasteiger partial charge in [0.2, 0.25) is 0 Å². The van der Waals surface area contributed by atoms with Gasteiger partial charge in [-0.25, -0.2) is 0 Å². The second-order valence-electron chi connectivity index (χ2n) is 8.68. The summed E-state index contributed by atoms with van der Waals surface area (Å²) in [6.07, 6.45) is 2.00. The Balaban J connectivity index is 1.39. The SMILES string of the molecule is O=C(CN1C(=O)C(=O)N(Cc2ccccc2)C2CCC(Cl)CC21)c1ccc2c(c1)OCCO2. The number of amides is 2. The van der Waals surface area contributed by atoms with E-state index in [1.165, 1.54) is 4.90 Å². The van der Waals surface area contributed by atoms with Gasteiger partial charge in [0.25, 0.3) is 0 Å². The molecule has 2 aromatic rings. The lowest BCUT2D eigenvalue weighted by Crippen LogP contribution is -2.66. The van der Waals surface area contributed by atoms with E-state index in [4.69, 9.17) is 21.1 Å². The third-order valence-corrected chi connectivity index (χ3v) is 6.99. The Bertz CT molecular complexity index is 1080. The van der Waals surface area contributed by atoms with Gasteiger partial charge in [-0.1, -0.05) is 30.3 Å². The minimum Gasteiger partial charge on any atom is -0.486 e. The van der Waals surface area contributed by atoms with Crippen molar-refractivity contribution in [1.82, 2.24) is 9.80 Å². The number of carbonyl (C=O) groups is 3. The smallest absolute Gasteiger partial charge is 0.312 e. The van der Waals surface area contributed by atoms with Gasteiger partial charge < -0.3 is 19.3 Å². The van der Waals surface area contributed by atoms with Crippen molar-refractivity contribution >= 4 is 29.2 Å². The van der Waals surface area contributed by atoms with Gasteiger partial charge in [0.15, 0.2) is 17.3 Å². The molecule has 2 aromatic carbocycles. The van der Waals surface area contributed by atoms with Gasteiger partial charge >= 0.3 is 11.8 Å². The molecule has 7 nitrogen and oxygen atoms in total. The summed E-state index contributed by atoms with van der Waals surface area (Å²) in [4.78, 5) is 42.5. The van der Waals surface area contributed by atoms with Gasteiger partial charge in [-0.3, -0.25) is 14.4 Å². The van der Waals surface area contributed by atoms with Crippen molar-refractivity contribution in [2.45, 2.75) is 43.3 Å². The lowest BCUT2D eigenvalue weighted by atomic mass is 9.85. The van der Waals surface area contributed by atoms with Gasteiger partial charge in [0.05, 0.1) is 18.6 Å². The number of ether oxygens (including phenoxy) is 2. The number of rotatable bonds is 5. The van der Waals surface area contributed by atoms with Gasteiger partial charge in [-0.05, 0) is 43.0 Å². The summed E-state index contributed by atoms with van der Waals surface area (Å²) in [7, 11) is 0. The molecule has 172 valence electrons. The maximum absolute atomic E-state index is 13.2. The van der Waals surface area contributed by atoms with E-state index in [-0.39, 0.29) is 29.8 Å². The molecule has 3 unspecified atom stereocenters. The fourth-order valence-corrected chi connectivity index (χ4v) is 5.26. The molecule has 3 aliphatic rings. The molecular formula is C25H25ClN2O5. The number of Topliss-reactive ketones (excluding diaryl/α,β-unsaturated/α-hetero) is 1. The maximum Gasteiger partial charge on any atom is 0.312 e. The zero-order valence-electron chi connectivity index (χ0n) is 18.1. The fourth-order valence-electron chi connectivity index (χ4n) is 4.95. The lowest BCUT2D eigenvalue weighted by molar-refractivity contribution is -0.164. The third kappa shape index (κ3) is 4.29. The monoisotopic (exact) mass is 468 g/mol. The predicted molar refractivity (Wildman–Crippen MR) is 122 cm³/mol. The van der Waals surface area contributed by atoms with Crippen LogP contribution in [0.3, 0.4) is 0 Å². The number of fused-ring (bicyclic) bond motifs is 2. The number of hydrogen-bond donors (Lipinski definition) is 0. The van der Waals surface area contributed by atoms with Crippen LogP contribution in [0, 0.1) is 0 Å². The van der Waals surface area contributed by atoms with Crippen LogP contribution >= 0.6 is 11.6 Å². The van der Waals surface area contributed by atoms with Gasteiger partial charge in [-0.15, -0.1) is 11.6 Å². The number of halogens is 1. The van der Waals surface area contributed by atoms with E-state index >= 15 is 0 Å². The minimum atomic E-state index is -0.649. The van der Waals surface area contributed by atoms with Crippen LogP contribution < -0.4 is 9.47 Å². The van der Waals surface area contributed by atoms with E-state index < -0.39 is 11.8 Å². The van der Waals surface area contributed by atoms with Crippen molar-refractivity contribution in [2.75, 3.05) is 19.8 Å². The average Bonchev–Trinajstić information content (AvgIpc) is 2.84. The Morgan fingerprint density at radius 2 is 1.64 bits per heavy atom. The number of hydrogen-bond acceptors (Lipinski definition) is 5. The van der Waals surface area contributed by atoms with E-state index in [9.17, 15) is 14.4 Å². The Hall–Kier alpha value is -3.06. The summed E-state index contributed by atoms with van der Waals surface area (Å²) < 4.78 is 11.1. The number of ketones is 1. The van der Waals surface area contributed by atoms with Crippen LogP contribution in [0.5, 0.6) is 11.5 Å². The molecule has 0 radical (unpaired) electrons. The first-order valence-corrected chi connectivity index (χ1v) is 11.7. The zero-order chi connectivity index (χ0) is 22.9. The van der Waals surface area contributed by atoms with E-state index in [0.717, 1.165) is 12.0 Å². The van der Waals surface area contributed by atoms with E-state index in [0.29, 0.717) is 49.7 Å². The Kier molecular flexibility index (Phi) is 5.98. The van der Waals surface area contributed by atoms with E-state index in [2.05, 4.69) is 0 Å². The highest BCUT2D eigenvalue weighted by molar-refractivity contribution is 6.36. The van der Waals surface area contributed by atoms with Crippen LogP contribution in [0.1, 0.15) is 35.2 Å². The number of benzene rings is 2. The van der Waals surface area contributed by atoms with Crippen molar-refractivity contribution < 1.29 is 23.9 Å². The van der Waals surface area contributed by atoms with Crippen LogP contribution in [0.2, 0.25) is 0 Å². The van der Waals surface area contributed by atoms with Crippen LogP contribution in [-0.4, -0.2) is 64.6 Å². The van der Waals surface area contributed by atoms with Crippen LogP contribution in [0.4, 0.5) is 0 Å². The standard InChI is InChI=1S/C25H25ClN2O5/c26-18-7-8-19-20(13-18)28(25(31)24(30)27(19)14-16-4-2-1-3-5-16)15-21(29)17-6-9-22-23(12-17)33-11-10-32-22/h1-6,9,12,18-20H,7-8,10-11,13-15H2. The highest BCUT2D eigenvalue weighted by Gasteiger charge is 2.48. The number of carbonyl (C=O) groups excluding carboxylic acids is 3. The average molecular weight is 469 g/mol. The Morgan fingerprint density at radius 1 is 0.909 bits per heavy atom. The normalized spacial score (nSPS) is 24.5. The van der Waals surface area contributed by atoms with Crippen LogP contribution in [0.15, 0.2) is 48.5 Å². The molecule has 8 heteroatoms. The Morgan fingerprint density at radius 3 is 2.42 bits per heavy atom. The summed E-state index contributed by atoms with van der Waals surface area (Å²) in [5, 5.41) is -0.0993. The summed E-state index contributed by atoms with van der Waals surface area (Å²) in [5.74, 6) is -0.360. The van der Waals surface area contributed by atoms with Crippen molar-refractivity contribution in [2.24, 2.45) is 0 Å². The van der Waals surface area contributed by atoms with Crippen molar-refractivity contribution in [3.05, 3.63) is 59.7 Å². The first-order chi connectivity index (χ1) is 16.0. The quantitative estimate of drug-likeness (QED) is 0.383. The fraction of sp³-hybridized carbons (Fsp3) is 0.400. The molecule has 0 N–H and O–H groups in total. The maximum atomic E-state index is 13.2. The predicted octanol–water partition coefficient (Wildman–Crippen LogP) is 3.04. The van der Waals surface area contributed by atoms with Crippen LogP contribution in [-0.2, 0) is 16.1 Å². The third-order valence-electron chi connectivity index (χ3n) is 6.60. The second-order valence-corrected chi connectivity index (χ2v) is 9.30. The summed E-state index contributed by atoms with van der Waals surface area (Å²) in [6.45, 7) is 1.08. The summed E-state index contributed by atoms with van der Waals surface area (Å²) in [6, 6.07) is 14.2. The molecule has 1 aliphatic carbocycles. The zero-order valence-corrected chi connectivity index (χ0v) is 18.9. The van der Waals surface area contributed by atoms with E-state index in [1.54, 1.807) is 23.1 Å². The number of piperazine rings is 1. The molecule has 2 fully saturated rings. The highest BCUT2D eigenvalue weighted by Crippen LogP contribution is 2.35. The van der Waals surface area contributed by atoms with Crippen molar-refractivity contribution in [3.8, 4) is 11.5 Å². The second kappa shape index (κ2) is 9.06. The molecule has 2 heterocycles. The molecular weight excluding hydrogens is 444 g/mol. The molecule has 3 atom stereocenters. The molecule has 2 aliphatic heterocycles. The molecule has 2 amide bonds. The molecule has 0 spiro atoms. The lowest BCUT2D eigenvalue weighted by Gasteiger charge is -2.49. The van der Waals surface area contributed by atoms with E-state index in [1.807, 2.05) is 30.3 Å². The summed E-state index contributed by atoms with van der Waals surface area (Å²) >= 11 is 6.47. The first kappa shape index (κ1) is 21.8. The molecule has 1 saturated heterocycles. The highest BCUT2D eigenvalue weighted by atomic mass is 35.5.